The van der Waals surface area contributed by atoms with Crippen LogP contribution in [0.25, 0.3) is 10.9 Å². The van der Waals surface area contributed by atoms with E-state index in [2.05, 4.69) is 11.6 Å². The van der Waals surface area contributed by atoms with Gasteiger partial charge in [0, 0.05) is 17.1 Å². The van der Waals surface area contributed by atoms with E-state index in [-0.39, 0.29) is 0 Å². The first-order chi connectivity index (χ1) is 10.5. The predicted octanol–water partition coefficient (Wildman–Crippen LogP) is 4.18. The fourth-order valence-electron chi connectivity index (χ4n) is 2.62. The van der Waals surface area contributed by atoms with Crippen molar-refractivity contribution in [1.82, 2.24) is 4.98 Å². The highest BCUT2D eigenvalue weighted by atomic mass is 32.2. The number of nitrogens with one attached hydrogen (secondary N) is 1. The Morgan fingerprint density at radius 3 is 2.45 bits per heavy atom. The zero-order valence-corrected chi connectivity index (χ0v) is 13.1. The summed E-state index contributed by atoms with van der Waals surface area (Å²) in [6.45, 7) is 5.70. The monoisotopic (exact) mass is 311 g/mol. The summed E-state index contributed by atoms with van der Waals surface area (Å²) < 4.78 is 26.1. The number of sulfone groups is 1. The first kappa shape index (κ1) is 14.6. The second-order valence-corrected chi connectivity index (χ2v) is 7.35. The predicted molar refractivity (Wildman–Crippen MR) is 89.6 cm³/mol. The first-order valence-corrected chi connectivity index (χ1v) is 8.58. The lowest BCUT2D eigenvalue weighted by atomic mass is 10.1. The van der Waals surface area contributed by atoms with Crippen LogP contribution in [0.4, 0.5) is 0 Å². The number of H-pyrrole nitrogens is 1. The summed E-state index contributed by atoms with van der Waals surface area (Å²) in [6, 6.07) is 14.9. The number of fused-ring (bicyclic) bond motifs is 1. The van der Waals surface area contributed by atoms with Crippen LogP contribution >= 0.6 is 0 Å². The molecule has 0 bridgehead atoms. The van der Waals surface area contributed by atoms with Gasteiger partial charge in [-0.25, -0.2) is 8.42 Å². The van der Waals surface area contributed by atoms with Crippen molar-refractivity contribution in [1.29, 1.82) is 0 Å². The Labute approximate surface area is 130 Å². The number of para-hydroxylation sites is 1. The van der Waals surface area contributed by atoms with Crippen molar-refractivity contribution in [3.05, 3.63) is 78.5 Å². The van der Waals surface area contributed by atoms with Gasteiger partial charge in [0.1, 0.15) is 5.25 Å². The molecule has 1 heterocycles. The zero-order chi connectivity index (χ0) is 15.7. The van der Waals surface area contributed by atoms with Gasteiger partial charge in [0.2, 0.25) is 0 Å². The molecule has 1 N–H and O–H groups in total. The van der Waals surface area contributed by atoms with Gasteiger partial charge < -0.3 is 4.98 Å². The van der Waals surface area contributed by atoms with Gasteiger partial charge in [-0.2, -0.15) is 0 Å². The van der Waals surface area contributed by atoms with Crippen molar-refractivity contribution < 1.29 is 8.42 Å². The summed E-state index contributed by atoms with van der Waals surface area (Å²) in [5.74, 6) is 0. The van der Waals surface area contributed by atoms with Crippen LogP contribution in [0.3, 0.4) is 0 Å². The van der Waals surface area contributed by atoms with Crippen LogP contribution in [0, 0.1) is 6.92 Å². The molecular weight excluding hydrogens is 294 g/mol. The van der Waals surface area contributed by atoms with Crippen molar-refractivity contribution in [2.45, 2.75) is 17.1 Å². The molecule has 0 amide bonds. The van der Waals surface area contributed by atoms with Gasteiger partial charge in [-0.1, -0.05) is 54.1 Å². The third-order valence-electron chi connectivity index (χ3n) is 3.81. The Balaban J connectivity index is 2.15. The molecule has 2 aromatic carbocycles. The summed E-state index contributed by atoms with van der Waals surface area (Å²) in [4.78, 5) is 3.33. The highest BCUT2D eigenvalue weighted by molar-refractivity contribution is 7.92. The van der Waals surface area contributed by atoms with E-state index in [4.69, 9.17) is 0 Å². The van der Waals surface area contributed by atoms with Crippen molar-refractivity contribution >= 4 is 20.7 Å². The van der Waals surface area contributed by atoms with Crippen molar-refractivity contribution in [3.63, 3.8) is 0 Å². The second kappa shape index (κ2) is 5.46. The smallest absolute Gasteiger partial charge is 0.191 e. The number of hydrogen-bond donors (Lipinski definition) is 1. The quantitative estimate of drug-likeness (QED) is 0.735. The van der Waals surface area contributed by atoms with Gasteiger partial charge in [0.15, 0.2) is 9.84 Å². The van der Waals surface area contributed by atoms with Gasteiger partial charge >= 0.3 is 0 Å². The molecule has 3 rings (SSSR count). The van der Waals surface area contributed by atoms with E-state index in [1.807, 2.05) is 55.5 Å². The average molecular weight is 311 g/mol. The highest BCUT2D eigenvalue weighted by Gasteiger charge is 2.28. The molecule has 22 heavy (non-hydrogen) atoms. The fourth-order valence-corrected chi connectivity index (χ4v) is 4.37. The molecule has 4 heteroatoms. The Morgan fingerprint density at radius 1 is 1.09 bits per heavy atom. The van der Waals surface area contributed by atoms with Gasteiger partial charge in [-0.05, 0) is 18.6 Å². The zero-order valence-electron chi connectivity index (χ0n) is 12.3. The molecule has 0 fully saturated rings. The normalized spacial score (nSPS) is 13.1. The molecule has 112 valence electrons. The molecule has 3 aromatic rings. The Hall–Kier alpha value is -2.33. The summed E-state index contributed by atoms with van der Waals surface area (Å²) in [6.07, 6.45) is 3.05. The van der Waals surface area contributed by atoms with E-state index in [1.54, 1.807) is 6.20 Å². The van der Waals surface area contributed by atoms with Crippen LogP contribution in [0.5, 0.6) is 0 Å². The Bertz CT molecular complexity index is 921. The van der Waals surface area contributed by atoms with Crippen molar-refractivity contribution in [3.8, 4) is 0 Å². The van der Waals surface area contributed by atoms with E-state index >= 15 is 0 Å². The summed E-state index contributed by atoms with van der Waals surface area (Å²) >= 11 is 0. The number of benzene rings is 2. The second-order valence-electron chi connectivity index (χ2n) is 5.31. The maximum Gasteiger partial charge on any atom is 0.191 e. The topological polar surface area (TPSA) is 49.9 Å². The molecular formula is C18H17NO2S. The van der Waals surface area contributed by atoms with Crippen LogP contribution in [-0.4, -0.2) is 13.4 Å². The third kappa shape index (κ3) is 2.35. The molecule has 1 aromatic heterocycles. The molecule has 0 saturated heterocycles. The summed E-state index contributed by atoms with van der Waals surface area (Å²) in [7, 11) is -3.55. The van der Waals surface area contributed by atoms with Gasteiger partial charge in [-0.3, -0.25) is 0 Å². The molecule has 1 atom stereocenters. The maximum atomic E-state index is 13.0. The summed E-state index contributed by atoms with van der Waals surface area (Å²) in [5, 5.41) is -0.0474. The lowest BCUT2D eigenvalue weighted by molar-refractivity contribution is 0.591. The maximum absolute atomic E-state index is 13.0. The van der Waals surface area contributed by atoms with E-state index in [0.717, 1.165) is 16.6 Å². The van der Waals surface area contributed by atoms with Crippen LogP contribution in [0.2, 0.25) is 0 Å². The molecule has 1 unspecified atom stereocenters. The minimum absolute atomic E-state index is 0.313. The molecule has 0 aliphatic carbocycles. The van der Waals surface area contributed by atoms with Crippen LogP contribution in [-0.2, 0) is 9.84 Å². The molecule has 0 spiro atoms. The average Bonchev–Trinajstić information content (AvgIpc) is 2.94. The van der Waals surface area contributed by atoms with Gasteiger partial charge in [-0.15, -0.1) is 6.58 Å². The molecule has 0 radical (unpaired) electrons. The van der Waals surface area contributed by atoms with E-state index in [9.17, 15) is 8.42 Å². The van der Waals surface area contributed by atoms with E-state index in [0.29, 0.717) is 10.3 Å². The Morgan fingerprint density at radius 2 is 1.77 bits per heavy atom. The summed E-state index contributed by atoms with van der Waals surface area (Å²) in [5.41, 5.74) is 2.63. The van der Waals surface area contributed by atoms with Gasteiger partial charge in [0.05, 0.1) is 4.90 Å². The fraction of sp³-hybridized carbons (Fsp3) is 0.111. The van der Waals surface area contributed by atoms with E-state index in [1.165, 1.54) is 6.08 Å². The lowest BCUT2D eigenvalue weighted by Gasteiger charge is -2.14. The van der Waals surface area contributed by atoms with Crippen LogP contribution in [0.15, 0.2) is 72.3 Å². The molecule has 0 aliphatic heterocycles. The number of aryl methyl sites for hydroxylation is 1. The van der Waals surface area contributed by atoms with Crippen LogP contribution in [0.1, 0.15) is 16.4 Å². The molecule has 0 saturated carbocycles. The SMILES string of the molecule is C=CC(c1ccc(C)cc1)S(=O)(=O)c1c[nH]c2ccccc12. The largest absolute Gasteiger partial charge is 0.360 e. The number of aromatic nitrogens is 1. The first-order valence-electron chi connectivity index (χ1n) is 7.03. The minimum Gasteiger partial charge on any atom is -0.360 e. The number of hydrogen-bond acceptors (Lipinski definition) is 2. The third-order valence-corrected chi connectivity index (χ3v) is 5.90. The lowest BCUT2D eigenvalue weighted by Crippen LogP contribution is -2.11. The van der Waals surface area contributed by atoms with Crippen molar-refractivity contribution in [2.24, 2.45) is 0 Å². The highest BCUT2D eigenvalue weighted by Crippen LogP contribution is 2.33. The molecule has 0 aliphatic rings. The number of rotatable bonds is 4. The van der Waals surface area contributed by atoms with Crippen LogP contribution < -0.4 is 0 Å². The number of aromatic amines is 1. The van der Waals surface area contributed by atoms with Gasteiger partial charge in [0.25, 0.3) is 0 Å². The minimum atomic E-state index is -3.55. The molecule has 3 nitrogen and oxygen atoms in total. The van der Waals surface area contributed by atoms with E-state index < -0.39 is 15.1 Å². The standard InChI is InChI=1S/C18H17NO2S/c1-3-17(14-10-8-13(2)9-11-14)22(20,21)18-12-19-16-7-5-4-6-15(16)18/h3-12,17,19H,1H2,2H3. The Kier molecular flexibility index (Phi) is 3.62. The van der Waals surface area contributed by atoms with Crippen molar-refractivity contribution in [2.75, 3.05) is 0 Å².